The lowest BCUT2D eigenvalue weighted by molar-refractivity contribution is 0.270. The van der Waals surface area contributed by atoms with Crippen LogP contribution in [-0.4, -0.2) is 23.4 Å². The molecular formula is C11H17NO3. The molecule has 4 nitrogen and oxygen atoms in total. The first kappa shape index (κ1) is 12.0. The van der Waals surface area contributed by atoms with E-state index >= 15 is 0 Å². The smallest absolute Gasteiger partial charge is 0.120 e. The zero-order valence-corrected chi connectivity index (χ0v) is 8.65. The molecule has 0 aliphatic carbocycles. The van der Waals surface area contributed by atoms with Gasteiger partial charge in [0.2, 0.25) is 0 Å². The lowest BCUT2D eigenvalue weighted by Crippen LogP contribution is -2.06. The van der Waals surface area contributed by atoms with Gasteiger partial charge in [-0.15, -0.1) is 0 Å². The van der Waals surface area contributed by atoms with E-state index in [-0.39, 0.29) is 13.2 Å². The summed E-state index contributed by atoms with van der Waals surface area (Å²) in [4.78, 5) is 0. The Hall–Kier alpha value is -1.10. The maximum absolute atomic E-state index is 9.00. The third-order valence-electron chi connectivity index (χ3n) is 2.01. The largest absolute Gasteiger partial charge is 0.494 e. The summed E-state index contributed by atoms with van der Waals surface area (Å²) in [6.07, 6.45) is 0.789. The minimum absolute atomic E-state index is 0.0545. The minimum Gasteiger partial charge on any atom is -0.494 e. The van der Waals surface area contributed by atoms with Crippen LogP contribution in [0.2, 0.25) is 0 Å². The molecule has 0 atom stereocenters. The number of aliphatic hydroxyl groups excluding tert-OH is 2. The summed E-state index contributed by atoms with van der Waals surface area (Å²) < 4.78 is 5.43. The van der Waals surface area contributed by atoms with Gasteiger partial charge < -0.3 is 20.7 Å². The van der Waals surface area contributed by atoms with Gasteiger partial charge in [0.15, 0.2) is 0 Å². The maximum Gasteiger partial charge on any atom is 0.120 e. The molecule has 0 saturated heterocycles. The molecule has 4 heteroatoms. The highest BCUT2D eigenvalue weighted by molar-refractivity contribution is 5.33. The second-order valence-electron chi connectivity index (χ2n) is 3.29. The molecule has 1 aromatic carbocycles. The van der Waals surface area contributed by atoms with Crippen LogP contribution >= 0.6 is 0 Å². The van der Waals surface area contributed by atoms with E-state index in [0.29, 0.717) is 18.9 Å². The molecule has 0 spiro atoms. The van der Waals surface area contributed by atoms with Crippen LogP contribution in [0, 0.1) is 0 Å². The molecule has 4 N–H and O–H groups in total. The van der Waals surface area contributed by atoms with Crippen LogP contribution in [-0.2, 0) is 13.2 Å². The quantitative estimate of drug-likeness (QED) is 0.595. The summed E-state index contributed by atoms with van der Waals surface area (Å²) in [6.45, 7) is 1.03. The van der Waals surface area contributed by atoms with Crippen molar-refractivity contribution in [1.29, 1.82) is 0 Å². The summed E-state index contributed by atoms with van der Waals surface area (Å²) in [5.74, 6) is 0.666. The molecule has 0 unspecified atom stereocenters. The van der Waals surface area contributed by atoms with Gasteiger partial charge in [-0.05, 0) is 36.2 Å². The van der Waals surface area contributed by atoms with Crippen LogP contribution in [0.15, 0.2) is 18.2 Å². The van der Waals surface area contributed by atoms with Crippen molar-refractivity contribution in [2.45, 2.75) is 19.6 Å². The molecule has 0 saturated carbocycles. The molecule has 0 aromatic heterocycles. The van der Waals surface area contributed by atoms with Gasteiger partial charge in [-0.25, -0.2) is 0 Å². The van der Waals surface area contributed by atoms with E-state index in [1.807, 2.05) is 0 Å². The van der Waals surface area contributed by atoms with Crippen molar-refractivity contribution in [3.05, 3.63) is 29.3 Å². The highest BCUT2D eigenvalue weighted by Gasteiger charge is 2.00. The summed E-state index contributed by atoms with van der Waals surface area (Å²) >= 11 is 0. The van der Waals surface area contributed by atoms with Crippen LogP contribution in [0.4, 0.5) is 0 Å². The van der Waals surface area contributed by atoms with E-state index in [4.69, 9.17) is 20.7 Å². The number of ether oxygens (including phenoxy) is 1. The Labute approximate surface area is 89.3 Å². The first-order valence-electron chi connectivity index (χ1n) is 4.97. The number of nitrogens with two attached hydrogens (primary N) is 1. The van der Waals surface area contributed by atoms with Crippen LogP contribution in [0.25, 0.3) is 0 Å². The monoisotopic (exact) mass is 211 g/mol. The van der Waals surface area contributed by atoms with Crippen molar-refractivity contribution < 1.29 is 14.9 Å². The van der Waals surface area contributed by atoms with E-state index in [1.54, 1.807) is 18.2 Å². The van der Waals surface area contributed by atoms with Gasteiger partial charge in [0.05, 0.1) is 19.8 Å². The molecule has 84 valence electrons. The summed E-state index contributed by atoms with van der Waals surface area (Å²) in [5.41, 5.74) is 6.82. The fourth-order valence-corrected chi connectivity index (χ4v) is 1.27. The summed E-state index contributed by atoms with van der Waals surface area (Å²) in [6, 6.07) is 5.27. The second-order valence-corrected chi connectivity index (χ2v) is 3.29. The Bertz CT molecular complexity index is 280. The maximum atomic E-state index is 9.00. The summed E-state index contributed by atoms with van der Waals surface area (Å²) in [7, 11) is 0. The van der Waals surface area contributed by atoms with Gasteiger partial charge in [0.25, 0.3) is 0 Å². The SMILES string of the molecule is NCCCOc1cc(CO)cc(CO)c1. The zero-order chi connectivity index (χ0) is 11.1. The Morgan fingerprint density at radius 2 is 1.67 bits per heavy atom. The molecule has 0 aliphatic rings. The van der Waals surface area contributed by atoms with Crippen LogP contribution in [0.1, 0.15) is 17.5 Å². The van der Waals surface area contributed by atoms with Crippen LogP contribution in [0.3, 0.4) is 0 Å². The third kappa shape index (κ3) is 3.87. The minimum atomic E-state index is -0.0545. The summed E-state index contributed by atoms with van der Waals surface area (Å²) in [5, 5.41) is 18.0. The first-order valence-corrected chi connectivity index (χ1v) is 4.97. The van der Waals surface area contributed by atoms with Gasteiger partial charge in [0, 0.05) is 0 Å². The third-order valence-corrected chi connectivity index (χ3v) is 2.01. The Morgan fingerprint density at radius 3 is 2.13 bits per heavy atom. The molecule has 0 fully saturated rings. The van der Waals surface area contributed by atoms with E-state index in [1.165, 1.54) is 0 Å². The first-order chi connectivity index (χ1) is 7.30. The molecule has 15 heavy (non-hydrogen) atoms. The highest BCUT2D eigenvalue weighted by atomic mass is 16.5. The van der Waals surface area contributed by atoms with Gasteiger partial charge >= 0.3 is 0 Å². The van der Waals surface area contributed by atoms with E-state index in [0.717, 1.165) is 17.5 Å². The fourth-order valence-electron chi connectivity index (χ4n) is 1.27. The second kappa shape index (κ2) is 6.40. The topological polar surface area (TPSA) is 75.7 Å². The predicted molar refractivity (Wildman–Crippen MR) is 57.5 cm³/mol. The Kier molecular flexibility index (Phi) is 5.10. The molecule has 1 aromatic rings. The van der Waals surface area contributed by atoms with Gasteiger partial charge in [-0.1, -0.05) is 6.07 Å². The van der Waals surface area contributed by atoms with Gasteiger partial charge in [-0.2, -0.15) is 0 Å². The molecule has 1 rings (SSSR count). The van der Waals surface area contributed by atoms with Crippen molar-refractivity contribution in [2.24, 2.45) is 5.73 Å². The molecule has 0 amide bonds. The van der Waals surface area contributed by atoms with Crippen molar-refractivity contribution in [1.82, 2.24) is 0 Å². The lowest BCUT2D eigenvalue weighted by atomic mass is 10.1. The van der Waals surface area contributed by atoms with Gasteiger partial charge in [0.1, 0.15) is 5.75 Å². The predicted octanol–water partition coefficient (Wildman–Crippen LogP) is 0.399. The molecule has 0 heterocycles. The normalized spacial score (nSPS) is 10.3. The molecular weight excluding hydrogens is 194 g/mol. The van der Waals surface area contributed by atoms with Crippen molar-refractivity contribution in [3.63, 3.8) is 0 Å². The van der Waals surface area contributed by atoms with E-state index < -0.39 is 0 Å². The standard InChI is InChI=1S/C11H17NO3/c12-2-1-3-15-11-5-9(7-13)4-10(6-11)8-14/h4-6,13-14H,1-3,7-8,12H2. The van der Waals surface area contributed by atoms with Gasteiger partial charge in [-0.3, -0.25) is 0 Å². The number of rotatable bonds is 6. The van der Waals surface area contributed by atoms with E-state index in [9.17, 15) is 0 Å². The highest BCUT2D eigenvalue weighted by Crippen LogP contribution is 2.17. The zero-order valence-electron chi connectivity index (χ0n) is 8.65. The van der Waals surface area contributed by atoms with Crippen LogP contribution in [0.5, 0.6) is 5.75 Å². The fraction of sp³-hybridized carbons (Fsp3) is 0.455. The molecule has 0 radical (unpaired) electrons. The number of aliphatic hydroxyl groups is 2. The van der Waals surface area contributed by atoms with Crippen molar-refractivity contribution in [2.75, 3.05) is 13.2 Å². The van der Waals surface area contributed by atoms with E-state index in [2.05, 4.69) is 0 Å². The Morgan fingerprint density at radius 1 is 1.07 bits per heavy atom. The molecule has 0 aliphatic heterocycles. The van der Waals surface area contributed by atoms with Crippen molar-refractivity contribution in [3.8, 4) is 5.75 Å². The lowest BCUT2D eigenvalue weighted by Gasteiger charge is -2.08. The molecule has 0 bridgehead atoms. The van der Waals surface area contributed by atoms with Crippen LogP contribution < -0.4 is 10.5 Å². The average Bonchev–Trinajstić information content (AvgIpc) is 2.29. The number of benzene rings is 1. The van der Waals surface area contributed by atoms with Crippen molar-refractivity contribution >= 4 is 0 Å². The number of hydrogen-bond donors (Lipinski definition) is 3. The average molecular weight is 211 g/mol. The Balaban J connectivity index is 2.68. The number of hydrogen-bond acceptors (Lipinski definition) is 4.